The van der Waals surface area contributed by atoms with Crippen LogP contribution in [0.25, 0.3) is 0 Å². The number of Topliss-reactive ketones (excluding diaryl/α,β-unsaturated/α-hetero) is 1. The minimum Gasteiger partial charge on any atom is -0.492 e. The zero-order chi connectivity index (χ0) is 10.8. The molecule has 0 aliphatic carbocycles. The van der Waals surface area contributed by atoms with Crippen LogP contribution in [0.4, 0.5) is 0 Å². The van der Waals surface area contributed by atoms with Gasteiger partial charge in [0.25, 0.3) is 0 Å². The molecule has 0 amide bonds. The predicted molar refractivity (Wildman–Crippen MR) is 54.8 cm³/mol. The number of carbonyl (C=O) groups excluding carboxylic acids is 1. The van der Waals surface area contributed by atoms with Crippen molar-refractivity contribution in [2.45, 2.75) is 13.3 Å². The third kappa shape index (κ3) is 1.70. The van der Waals surface area contributed by atoms with E-state index in [1.165, 1.54) is 0 Å². The molecule has 0 atom stereocenters. The second kappa shape index (κ2) is 3.73. The molecule has 1 aromatic carbocycles. The van der Waals surface area contributed by atoms with E-state index in [2.05, 4.69) is 5.16 Å². The van der Waals surface area contributed by atoms with Crippen LogP contribution in [-0.4, -0.2) is 23.3 Å². The van der Waals surface area contributed by atoms with Crippen LogP contribution in [-0.2, 0) is 0 Å². The molecule has 0 radical (unpaired) electrons. The van der Waals surface area contributed by atoms with Crippen molar-refractivity contribution in [3.63, 3.8) is 0 Å². The van der Waals surface area contributed by atoms with Crippen molar-refractivity contribution in [2.24, 2.45) is 5.16 Å². The summed E-state index contributed by atoms with van der Waals surface area (Å²) in [5, 5.41) is 11.7. The zero-order valence-electron chi connectivity index (χ0n) is 8.36. The fourth-order valence-corrected chi connectivity index (χ4v) is 1.57. The Hall–Kier alpha value is -1.84. The number of carbonyl (C=O) groups is 1. The summed E-state index contributed by atoms with van der Waals surface area (Å²) in [4.78, 5) is 11.8. The molecule has 0 saturated heterocycles. The standard InChI is InChI=1S/C11H11NO3/c1-7-2-3-10-8(6-7)11(13)9(12-14)4-5-15-10/h2-3,6,14H,4-5H2,1H3/b12-9+. The largest absolute Gasteiger partial charge is 0.492 e. The Labute approximate surface area is 87.2 Å². The van der Waals surface area contributed by atoms with E-state index in [0.717, 1.165) is 5.56 Å². The van der Waals surface area contributed by atoms with Crippen molar-refractivity contribution in [3.8, 4) is 5.75 Å². The second-order valence-corrected chi connectivity index (χ2v) is 3.47. The first-order valence-corrected chi connectivity index (χ1v) is 4.71. The smallest absolute Gasteiger partial charge is 0.214 e. The van der Waals surface area contributed by atoms with Crippen LogP contribution in [0, 0.1) is 6.92 Å². The summed E-state index contributed by atoms with van der Waals surface area (Å²) in [5.74, 6) is 0.304. The van der Waals surface area contributed by atoms with Gasteiger partial charge in [-0.05, 0) is 19.1 Å². The molecule has 0 saturated carbocycles. The number of rotatable bonds is 0. The van der Waals surface area contributed by atoms with E-state index in [-0.39, 0.29) is 11.5 Å². The Morgan fingerprint density at radius 2 is 2.27 bits per heavy atom. The van der Waals surface area contributed by atoms with E-state index in [4.69, 9.17) is 9.94 Å². The molecular formula is C11H11NO3. The quantitative estimate of drug-likeness (QED) is 0.519. The summed E-state index contributed by atoms with van der Waals surface area (Å²) < 4.78 is 5.39. The van der Waals surface area contributed by atoms with E-state index in [9.17, 15) is 4.79 Å². The number of hydrogen-bond donors (Lipinski definition) is 1. The molecule has 1 N–H and O–H groups in total. The Bertz CT molecular complexity index is 437. The number of aryl methyl sites for hydroxylation is 1. The van der Waals surface area contributed by atoms with Crippen LogP contribution in [0.3, 0.4) is 0 Å². The van der Waals surface area contributed by atoms with Gasteiger partial charge in [0.1, 0.15) is 11.5 Å². The van der Waals surface area contributed by atoms with Crippen LogP contribution in [0.15, 0.2) is 23.4 Å². The van der Waals surface area contributed by atoms with Crippen molar-refractivity contribution in [2.75, 3.05) is 6.61 Å². The van der Waals surface area contributed by atoms with Gasteiger partial charge in [-0.3, -0.25) is 4.79 Å². The fourth-order valence-electron chi connectivity index (χ4n) is 1.57. The minimum atomic E-state index is -0.256. The number of ether oxygens (including phenoxy) is 1. The maximum atomic E-state index is 11.8. The van der Waals surface area contributed by atoms with Crippen LogP contribution < -0.4 is 4.74 Å². The summed E-state index contributed by atoms with van der Waals surface area (Å²) in [6.07, 6.45) is 0.336. The topological polar surface area (TPSA) is 58.9 Å². The lowest BCUT2D eigenvalue weighted by Crippen LogP contribution is -2.13. The molecule has 15 heavy (non-hydrogen) atoms. The SMILES string of the molecule is Cc1ccc2c(c1)C(=O)/C(=N/O)CCO2. The van der Waals surface area contributed by atoms with Crippen molar-refractivity contribution in [1.82, 2.24) is 0 Å². The maximum Gasteiger partial charge on any atom is 0.214 e. The lowest BCUT2D eigenvalue weighted by Gasteiger charge is -2.05. The Morgan fingerprint density at radius 3 is 3.00 bits per heavy atom. The number of oxime groups is 1. The van der Waals surface area contributed by atoms with Gasteiger partial charge < -0.3 is 9.94 Å². The summed E-state index contributed by atoms with van der Waals surface area (Å²) in [5.41, 5.74) is 1.60. The van der Waals surface area contributed by atoms with Gasteiger partial charge in [0, 0.05) is 6.42 Å². The van der Waals surface area contributed by atoms with Crippen LogP contribution in [0.2, 0.25) is 0 Å². The first-order chi connectivity index (χ1) is 7.22. The summed E-state index contributed by atoms with van der Waals surface area (Å²) >= 11 is 0. The van der Waals surface area contributed by atoms with Gasteiger partial charge in [-0.25, -0.2) is 0 Å². The van der Waals surface area contributed by atoms with Gasteiger partial charge in [-0.15, -0.1) is 0 Å². The number of fused-ring (bicyclic) bond motifs is 1. The van der Waals surface area contributed by atoms with Gasteiger partial charge in [-0.1, -0.05) is 16.8 Å². The molecular weight excluding hydrogens is 194 g/mol. The van der Waals surface area contributed by atoms with Gasteiger partial charge in [0.15, 0.2) is 0 Å². The molecule has 0 aromatic heterocycles. The van der Waals surface area contributed by atoms with Gasteiger partial charge in [-0.2, -0.15) is 0 Å². The fraction of sp³-hybridized carbons (Fsp3) is 0.273. The molecule has 0 spiro atoms. The highest BCUT2D eigenvalue weighted by molar-refractivity contribution is 6.46. The van der Waals surface area contributed by atoms with E-state index in [1.54, 1.807) is 12.1 Å². The molecule has 78 valence electrons. The zero-order valence-corrected chi connectivity index (χ0v) is 8.36. The Balaban J connectivity index is 2.54. The minimum absolute atomic E-state index is 0.152. The molecule has 0 bridgehead atoms. The monoisotopic (exact) mass is 205 g/mol. The van der Waals surface area contributed by atoms with Gasteiger partial charge in [0.2, 0.25) is 5.78 Å². The predicted octanol–water partition coefficient (Wildman–Crippen LogP) is 1.79. The molecule has 0 fully saturated rings. The highest BCUT2D eigenvalue weighted by Gasteiger charge is 2.22. The van der Waals surface area contributed by atoms with Gasteiger partial charge >= 0.3 is 0 Å². The first kappa shape index (κ1) is 9.71. The van der Waals surface area contributed by atoms with Gasteiger partial charge in [0.05, 0.1) is 12.2 Å². The number of nitrogens with zero attached hydrogens (tertiary/aromatic N) is 1. The van der Waals surface area contributed by atoms with E-state index < -0.39 is 0 Å². The molecule has 1 aromatic rings. The molecule has 2 rings (SSSR count). The molecule has 4 heteroatoms. The average Bonchev–Trinajstić information content (AvgIpc) is 2.39. The molecule has 1 aliphatic heterocycles. The average molecular weight is 205 g/mol. The summed E-state index contributed by atoms with van der Waals surface area (Å²) in [7, 11) is 0. The number of hydrogen-bond acceptors (Lipinski definition) is 4. The van der Waals surface area contributed by atoms with Crippen LogP contribution >= 0.6 is 0 Å². The third-order valence-corrected chi connectivity index (χ3v) is 2.36. The maximum absolute atomic E-state index is 11.8. The normalized spacial score (nSPS) is 18.2. The van der Waals surface area contributed by atoms with E-state index in [1.807, 2.05) is 13.0 Å². The van der Waals surface area contributed by atoms with Crippen molar-refractivity contribution in [3.05, 3.63) is 29.3 Å². The highest BCUT2D eigenvalue weighted by Crippen LogP contribution is 2.24. The lowest BCUT2D eigenvalue weighted by molar-refractivity contribution is 0.106. The highest BCUT2D eigenvalue weighted by atomic mass is 16.5. The van der Waals surface area contributed by atoms with Crippen molar-refractivity contribution >= 4 is 11.5 Å². The number of benzene rings is 1. The second-order valence-electron chi connectivity index (χ2n) is 3.47. The van der Waals surface area contributed by atoms with Crippen LogP contribution in [0.5, 0.6) is 5.75 Å². The van der Waals surface area contributed by atoms with E-state index in [0.29, 0.717) is 24.3 Å². The molecule has 1 aliphatic rings. The van der Waals surface area contributed by atoms with Crippen LogP contribution in [0.1, 0.15) is 22.3 Å². The van der Waals surface area contributed by atoms with E-state index >= 15 is 0 Å². The number of ketones is 1. The first-order valence-electron chi connectivity index (χ1n) is 4.71. The summed E-state index contributed by atoms with van der Waals surface area (Å²) in [6, 6.07) is 5.39. The third-order valence-electron chi connectivity index (χ3n) is 2.36. The lowest BCUT2D eigenvalue weighted by atomic mass is 10.0. The molecule has 0 unspecified atom stereocenters. The Kier molecular flexibility index (Phi) is 2.41. The Morgan fingerprint density at radius 1 is 1.47 bits per heavy atom. The van der Waals surface area contributed by atoms with Crippen molar-refractivity contribution < 1.29 is 14.7 Å². The van der Waals surface area contributed by atoms with Crippen molar-refractivity contribution in [1.29, 1.82) is 0 Å². The summed E-state index contributed by atoms with van der Waals surface area (Å²) in [6.45, 7) is 2.26. The molecule has 1 heterocycles. The molecule has 4 nitrogen and oxygen atoms in total.